The predicted molar refractivity (Wildman–Crippen MR) is 64.9 cm³/mol. The molecule has 0 unspecified atom stereocenters. The first kappa shape index (κ1) is 11.9. The van der Waals surface area contributed by atoms with Gasteiger partial charge in [0.1, 0.15) is 0 Å². The van der Waals surface area contributed by atoms with Gasteiger partial charge in [0.25, 0.3) is 0 Å². The highest BCUT2D eigenvalue weighted by Gasteiger charge is 1.92. The van der Waals surface area contributed by atoms with Gasteiger partial charge < -0.3 is 16.0 Å². The van der Waals surface area contributed by atoms with Crippen LogP contribution in [0.5, 0.6) is 0 Å². The van der Waals surface area contributed by atoms with Crippen LogP contribution in [0.25, 0.3) is 0 Å². The highest BCUT2D eigenvalue weighted by molar-refractivity contribution is 5.71. The molecule has 0 radical (unpaired) electrons. The summed E-state index contributed by atoms with van der Waals surface area (Å²) in [7, 11) is 0. The molecule has 4 heteroatoms. The molecule has 0 saturated carbocycles. The summed E-state index contributed by atoms with van der Waals surface area (Å²) in [6.07, 6.45) is 11.5. The van der Waals surface area contributed by atoms with E-state index in [2.05, 4.69) is 20.9 Å². The van der Waals surface area contributed by atoms with E-state index in [4.69, 9.17) is 0 Å². The van der Waals surface area contributed by atoms with E-state index in [0.717, 1.165) is 13.1 Å². The first-order valence-electron chi connectivity index (χ1n) is 5.51. The van der Waals surface area contributed by atoms with Crippen molar-refractivity contribution in [2.75, 3.05) is 26.2 Å². The van der Waals surface area contributed by atoms with E-state index in [1.54, 1.807) is 18.6 Å². The van der Waals surface area contributed by atoms with Gasteiger partial charge in [-0.3, -0.25) is 4.99 Å². The topological polar surface area (TPSA) is 48.5 Å². The Morgan fingerprint density at radius 1 is 0.867 bits per heavy atom. The third-order valence-corrected chi connectivity index (χ3v) is 2.06. The minimum atomic E-state index is 1.14. The summed E-state index contributed by atoms with van der Waals surface area (Å²) in [5.74, 6) is 0. The number of rotatable bonds is 0. The van der Waals surface area contributed by atoms with Gasteiger partial charge in [-0.25, -0.2) is 0 Å². The second-order valence-electron chi connectivity index (χ2n) is 3.35. The van der Waals surface area contributed by atoms with Crippen LogP contribution in [0.4, 0.5) is 0 Å². The molecule has 3 N–H and O–H groups in total. The Bertz CT molecular complexity index is 183. The Kier molecular flexibility index (Phi) is 7.50. The van der Waals surface area contributed by atoms with Crippen LogP contribution in [0.3, 0.4) is 0 Å². The lowest BCUT2D eigenvalue weighted by molar-refractivity contribution is 0.527. The van der Waals surface area contributed by atoms with Crippen LogP contribution >= 0.6 is 0 Å². The molecule has 0 aromatic carbocycles. The molecule has 0 spiro atoms. The Labute approximate surface area is 91.5 Å². The maximum absolute atomic E-state index is 3.82. The molecule has 0 aliphatic carbocycles. The van der Waals surface area contributed by atoms with Crippen molar-refractivity contribution in [1.29, 1.82) is 0 Å². The molecule has 2 aliphatic rings. The van der Waals surface area contributed by atoms with Gasteiger partial charge in [0.2, 0.25) is 0 Å². The van der Waals surface area contributed by atoms with Crippen LogP contribution in [0.1, 0.15) is 12.8 Å². The zero-order valence-electron chi connectivity index (χ0n) is 9.08. The minimum absolute atomic E-state index is 1.14. The van der Waals surface area contributed by atoms with Crippen molar-refractivity contribution in [2.45, 2.75) is 12.8 Å². The first-order chi connectivity index (χ1) is 7.50. The zero-order valence-corrected chi connectivity index (χ0v) is 9.08. The standard InChI is InChI=1S/C6H14N2.C5H6N2/c1-2-4-8-6-5-7-3-1;1-2-6-4-5-7-3-1/h7-8H,1-6H2;1-6H. The number of nitrogens with zero attached hydrogens (tertiary/aromatic N) is 1. The normalized spacial score (nSPS) is 20.3. The fourth-order valence-corrected chi connectivity index (χ4v) is 1.27. The van der Waals surface area contributed by atoms with Crippen molar-refractivity contribution < 1.29 is 0 Å². The second kappa shape index (κ2) is 9.43. The van der Waals surface area contributed by atoms with Crippen molar-refractivity contribution in [2.24, 2.45) is 4.99 Å². The molecule has 0 amide bonds. The largest absolute Gasteiger partial charge is 0.366 e. The molecule has 0 aromatic heterocycles. The van der Waals surface area contributed by atoms with Gasteiger partial charge in [0, 0.05) is 37.9 Å². The van der Waals surface area contributed by atoms with Gasteiger partial charge >= 0.3 is 0 Å². The van der Waals surface area contributed by atoms with Crippen LogP contribution in [-0.4, -0.2) is 32.4 Å². The SMILES string of the molecule is C1=CNC=CN=C1.C1CCNCCNC1. The third kappa shape index (κ3) is 7.90. The van der Waals surface area contributed by atoms with Gasteiger partial charge in [-0.15, -0.1) is 0 Å². The lowest BCUT2D eigenvalue weighted by atomic mass is 10.3. The average molecular weight is 208 g/mol. The molecule has 0 aromatic rings. The Morgan fingerprint density at radius 2 is 1.60 bits per heavy atom. The lowest BCUT2D eigenvalue weighted by Gasteiger charge is -2.09. The first-order valence-corrected chi connectivity index (χ1v) is 5.51. The van der Waals surface area contributed by atoms with E-state index in [1.807, 2.05) is 12.3 Å². The molecule has 2 aliphatic heterocycles. The summed E-state index contributed by atoms with van der Waals surface area (Å²) in [6, 6.07) is 0. The van der Waals surface area contributed by atoms with Gasteiger partial charge in [-0.2, -0.15) is 0 Å². The number of aliphatic imine (C=N–C) groups is 1. The fourth-order valence-electron chi connectivity index (χ4n) is 1.27. The second-order valence-corrected chi connectivity index (χ2v) is 3.35. The van der Waals surface area contributed by atoms with Crippen molar-refractivity contribution in [3.63, 3.8) is 0 Å². The molecule has 2 heterocycles. The monoisotopic (exact) mass is 208 g/mol. The maximum atomic E-state index is 3.82. The highest BCUT2D eigenvalue weighted by Crippen LogP contribution is 1.85. The Balaban J connectivity index is 0.000000151. The van der Waals surface area contributed by atoms with Gasteiger partial charge in [0.15, 0.2) is 0 Å². The van der Waals surface area contributed by atoms with E-state index in [1.165, 1.54) is 25.9 Å². The average Bonchev–Trinajstić information content (AvgIpc) is 2.48. The van der Waals surface area contributed by atoms with E-state index < -0.39 is 0 Å². The quantitative estimate of drug-likeness (QED) is 0.546. The van der Waals surface area contributed by atoms with Crippen molar-refractivity contribution in [3.05, 3.63) is 24.7 Å². The smallest absolute Gasteiger partial charge is 0.0427 e. The molecule has 1 saturated heterocycles. The van der Waals surface area contributed by atoms with Crippen LogP contribution in [0.2, 0.25) is 0 Å². The summed E-state index contributed by atoms with van der Waals surface area (Å²) in [4.78, 5) is 3.82. The molecule has 1 fully saturated rings. The fraction of sp³-hybridized carbons (Fsp3) is 0.545. The van der Waals surface area contributed by atoms with Crippen molar-refractivity contribution in [1.82, 2.24) is 16.0 Å². The predicted octanol–water partition coefficient (Wildman–Crippen LogP) is 0.605. The summed E-state index contributed by atoms with van der Waals surface area (Å²) < 4.78 is 0. The molecule has 15 heavy (non-hydrogen) atoms. The van der Waals surface area contributed by atoms with E-state index in [0.29, 0.717) is 0 Å². The molecule has 0 atom stereocenters. The van der Waals surface area contributed by atoms with Gasteiger partial charge in [-0.05, 0) is 32.0 Å². The lowest BCUT2D eigenvalue weighted by Crippen LogP contribution is -2.31. The number of hydrogen-bond donors (Lipinski definition) is 3. The van der Waals surface area contributed by atoms with Crippen LogP contribution in [0.15, 0.2) is 29.7 Å². The number of hydrogen-bond acceptors (Lipinski definition) is 4. The minimum Gasteiger partial charge on any atom is -0.366 e. The maximum Gasteiger partial charge on any atom is 0.0427 e. The molecular formula is C11H20N4. The summed E-state index contributed by atoms with van der Waals surface area (Å²) in [5.41, 5.74) is 0. The van der Waals surface area contributed by atoms with Crippen molar-refractivity contribution >= 4 is 6.21 Å². The molecule has 84 valence electrons. The van der Waals surface area contributed by atoms with Crippen LogP contribution in [-0.2, 0) is 0 Å². The van der Waals surface area contributed by atoms with E-state index >= 15 is 0 Å². The van der Waals surface area contributed by atoms with Gasteiger partial charge in [0.05, 0.1) is 0 Å². The molecule has 0 bridgehead atoms. The van der Waals surface area contributed by atoms with Gasteiger partial charge in [-0.1, -0.05) is 0 Å². The molecule has 2 rings (SSSR count). The van der Waals surface area contributed by atoms with Crippen LogP contribution < -0.4 is 16.0 Å². The summed E-state index contributed by atoms with van der Waals surface area (Å²) in [5, 5.41) is 9.51. The Hall–Kier alpha value is -1.13. The number of nitrogens with one attached hydrogen (secondary N) is 3. The molecular weight excluding hydrogens is 188 g/mol. The Morgan fingerprint density at radius 3 is 2.33 bits per heavy atom. The summed E-state index contributed by atoms with van der Waals surface area (Å²) in [6.45, 7) is 4.70. The van der Waals surface area contributed by atoms with E-state index in [9.17, 15) is 0 Å². The van der Waals surface area contributed by atoms with Crippen LogP contribution in [0, 0.1) is 0 Å². The zero-order chi connectivity index (χ0) is 10.6. The highest BCUT2D eigenvalue weighted by atomic mass is 14.9. The summed E-state index contributed by atoms with van der Waals surface area (Å²) >= 11 is 0. The van der Waals surface area contributed by atoms with E-state index in [-0.39, 0.29) is 0 Å². The van der Waals surface area contributed by atoms with Crippen molar-refractivity contribution in [3.8, 4) is 0 Å². The number of allylic oxidation sites excluding steroid dienone is 1. The molecule has 4 nitrogen and oxygen atoms in total. The third-order valence-electron chi connectivity index (χ3n) is 2.06.